The molecule has 6 nitrogen and oxygen atoms in total. The molecule has 0 aliphatic carbocycles. The lowest BCUT2D eigenvalue weighted by molar-refractivity contribution is 0.0171. The molecule has 1 heterocycles. The molecule has 2 aromatic carbocycles. The molecule has 0 aromatic heterocycles. The normalized spacial score (nSPS) is 16.6. The molecule has 0 amide bonds. The average molecular weight is 389 g/mol. The Balaban J connectivity index is 1.82. The third kappa shape index (κ3) is 4.90. The molecule has 8 heteroatoms. The maximum absolute atomic E-state index is 13.7. The maximum atomic E-state index is 13.7. The Kier molecular flexibility index (Phi) is 6.19. The van der Waals surface area contributed by atoms with Crippen LogP contribution in [0.3, 0.4) is 0 Å². The second kappa shape index (κ2) is 8.59. The number of halogens is 1. The van der Waals surface area contributed by atoms with E-state index in [0.29, 0.717) is 31.9 Å². The summed E-state index contributed by atoms with van der Waals surface area (Å²) in [6.45, 7) is 2.44. The van der Waals surface area contributed by atoms with Gasteiger partial charge in [-0.3, -0.25) is 4.90 Å². The molecule has 142 valence electrons. The van der Waals surface area contributed by atoms with Gasteiger partial charge in [-0.2, -0.15) is 5.26 Å². The van der Waals surface area contributed by atoms with Crippen LogP contribution >= 0.6 is 0 Å². The Morgan fingerprint density at radius 2 is 1.93 bits per heavy atom. The summed E-state index contributed by atoms with van der Waals surface area (Å²) in [5, 5.41) is 8.97. The fraction of sp³-hybridized carbons (Fsp3) is 0.316. The first kappa shape index (κ1) is 19.5. The van der Waals surface area contributed by atoms with Crippen molar-refractivity contribution in [2.45, 2.75) is 10.9 Å². The number of morpholine rings is 1. The highest BCUT2D eigenvalue weighted by Gasteiger charge is 2.25. The summed E-state index contributed by atoms with van der Waals surface area (Å²) < 4.78 is 47.0. The van der Waals surface area contributed by atoms with Gasteiger partial charge in [0, 0.05) is 25.7 Å². The quantitative estimate of drug-likeness (QED) is 0.818. The van der Waals surface area contributed by atoms with E-state index in [1.165, 1.54) is 30.3 Å². The maximum Gasteiger partial charge on any atom is 0.240 e. The van der Waals surface area contributed by atoms with Gasteiger partial charge < -0.3 is 4.74 Å². The fourth-order valence-electron chi connectivity index (χ4n) is 3.07. The van der Waals surface area contributed by atoms with Crippen molar-refractivity contribution in [3.8, 4) is 6.07 Å². The number of benzene rings is 2. The number of hydrogen-bond donors (Lipinski definition) is 1. The fourth-order valence-corrected chi connectivity index (χ4v) is 4.15. The van der Waals surface area contributed by atoms with Crippen molar-refractivity contribution < 1.29 is 17.5 Å². The zero-order chi connectivity index (χ0) is 19.3. The molecule has 1 N–H and O–H groups in total. The predicted octanol–water partition coefficient (Wildman–Crippen LogP) is 2.05. The van der Waals surface area contributed by atoms with Crippen molar-refractivity contribution in [1.29, 1.82) is 5.26 Å². The molecule has 1 fully saturated rings. The summed E-state index contributed by atoms with van der Waals surface area (Å²) >= 11 is 0. The Morgan fingerprint density at radius 3 is 2.63 bits per heavy atom. The van der Waals surface area contributed by atoms with Gasteiger partial charge in [-0.05, 0) is 35.9 Å². The van der Waals surface area contributed by atoms with Crippen LogP contribution in [-0.4, -0.2) is 46.2 Å². The van der Waals surface area contributed by atoms with Crippen LogP contribution in [0.15, 0.2) is 53.4 Å². The number of sulfonamides is 1. The molecule has 0 saturated carbocycles. The van der Waals surface area contributed by atoms with Gasteiger partial charge >= 0.3 is 0 Å². The van der Waals surface area contributed by atoms with Crippen molar-refractivity contribution in [1.82, 2.24) is 9.62 Å². The lowest BCUT2D eigenvalue weighted by Gasteiger charge is -2.34. The molecular weight excluding hydrogens is 369 g/mol. The SMILES string of the molecule is N#Cc1cccc(S(=O)(=O)NCC(c2cccc(F)c2)N2CCOCC2)c1. The van der Waals surface area contributed by atoms with E-state index in [2.05, 4.69) is 9.62 Å². The summed E-state index contributed by atoms with van der Waals surface area (Å²) in [4.78, 5) is 2.11. The van der Waals surface area contributed by atoms with E-state index in [9.17, 15) is 12.8 Å². The molecule has 1 atom stereocenters. The monoisotopic (exact) mass is 389 g/mol. The summed E-state index contributed by atoms with van der Waals surface area (Å²) in [6.07, 6.45) is 0. The van der Waals surface area contributed by atoms with Gasteiger partial charge in [0.2, 0.25) is 10.0 Å². The van der Waals surface area contributed by atoms with Gasteiger partial charge in [0.25, 0.3) is 0 Å². The van der Waals surface area contributed by atoms with E-state index in [-0.39, 0.29) is 28.9 Å². The van der Waals surface area contributed by atoms with E-state index in [1.807, 2.05) is 6.07 Å². The van der Waals surface area contributed by atoms with Crippen molar-refractivity contribution in [2.24, 2.45) is 0 Å². The number of nitrogens with zero attached hydrogens (tertiary/aromatic N) is 2. The lowest BCUT2D eigenvalue weighted by atomic mass is 10.0. The minimum absolute atomic E-state index is 0.0292. The first-order valence-electron chi connectivity index (χ1n) is 8.57. The zero-order valence-corrected chi connectivity index (χ0v) is 15.5. The van der Waals surface area contributed by atoms with Gasteiger partial charge in [0.05, 0.1) is 29.7 Å². The molecule has 27 heavy (non-hydrogen) atoms. The average Bonchev–Trinajstić information content (AvgIpc) is 2.69. The first-order chi connectivity index (χ1) is 13.0. The molecule has 1 aliphatic heterocycles. The second-order valence-corrected chi connectivity index (χ2v) is 7.98. The van der Waals surface area contributed by atoms with Gasteiger partial charge in [0.1, 0.15) is 5.82 Å². The van der Waals surface area contributed by atoms with Crippen molar-refractivity contribution in [3.63, 3.8) is 0 Å². The summed E-state index contributed by atoms with van der Waals surface area (Å²) in [5.41, 5.74) is 0.970. The second-order valence-electron chi connectivity index (χ2n) is 6.21. The number of ether oxygens (including phenoxy) is 1. The Bertz CT molecular complexity index is 937. The third-order valence-electron chi connectivity index (χ3n) is 4.46. The topological polar surface area (TPSA) is 82.4 Å². The minimum atomic E-state index is -3.80. The summed E-state index contributed by atoms with van der Waals surface area (Å²) in [6, 6.07) is 13.6. The zero-order valence-electron chi connectivity index (χ0n) is 14.6. The number of hydrogen-bond acceptors (Lipinski definition) is 5. The standard InChI is InChI=1S/C19H20FN3O3S/c20-17-5-2-4-16(12-17)19(23-7-9-26-10-8-23)14-22-27(24,25)18-6-1-3-15(11-18)13-21/h1-6,11-12,19,22H,7-10,14H2. The Morgan fingerprint density at radius 1 is 1.19 bits per heavy atom. The van der Waals surface area contributed by atoms with E-state index in [1.54, 1.807) is 18.2 Å². The number of nitrogens with one attached hydrogen (secondary N) is 1. The van der Waals surface area contributed by atoms with Gasteiger partial charge in [-0.25, -0.2) is 17.5 Å². The van der Waals surface area contributed by atoms with E-state index < -0.39 is 10.0 Å². The van der Waals surface area contributed by atoms with Crippen molar-refractivity contribution >= 4 is 10.0 Å². The highest BCUT2D eigenvalue weighted by Crippen LogP contribution is 2.23. The lowest BCUT2D eigenvalue weighted by Crippen LogP contribution is -2.43. The molecule has 1 unspecified atom stereocenters. The van der Waals surface area contributed by atoms with Crippen LogP contribution in [0.1, 0.15) is 17.2 Å². The predicted molar refractivity (Wildman–Crippen MR) is 97.9 cm³/mol. The van der Waals surface area contributed by atoms with Crippen LogP contribution in [0.5, 0.6) is 0 Å². The molecule has 0 radical (unpaired) electrons. The summed E-state index contributed by atoms with van der Waals surface area (Å²) in [5.74, 6) is -0.365. The van der Waals surface area contributed by atoms with Crippen LogP contribution in [0, 0.1) is 17.1 Å². The van der Waals surface area contributed by atoms with E-state index in [0.717, 1.165) is 0 Å². The van der Waals surface area contributed by atoms with Crippen LogP contribution in [0.4, 0.5) is 4.39 Å². The van der Waals surface area contributed by atoms with Crippen molar-refractivity contribution in [3.05, 3.63) is 65.5 Å². The molecule has 3 rings (SSSR count). The smallest absolute Gasteiger partial charge is 0.240 e. The third-order valence-corrected chi connectivity index (χ3v) is 5.88. The van der Waals surface area contributed by atoms with Crippen LogP contribution < -0.4 is 4.72 Å². The molecule has 1 aliphatic rings. The Labute approximate surface area is 158 Å². The molecule has 1 saturated heterocycles. The van der Waals surface area contributed by atoms with Gasteiger partial charge in [-0.1, -0.05) is 18.2 Å². The minimum Gasteiger partial charge on any atom is -0.379 e. The highest BCUT2D eigenvalue weighted by atomic mass is 32.2. The highest BCUT2D eigenvalue weighted by molar-refractivity contribution is 7.89. The van der Waals surface area contributed by atoms with Gasteiger partial charge in [0.15, 0.2) is 0 Å². The molecule has 0 bridgehead atoms. The molecular formula is C19H20FN3O3S. The van der Waals surface area contributed by atoms with Gasteiger partial charge in [-0.15, -0.1) is 0 Å². The van der Waals surface area contributed by atoms with E-state index >= 15 is 0 Å². The molecule has 0 spiro atoms. The number of rotatable bonds is 6. The largest absolute Gasteiger partial charge is 0.379 e. The summed E-state index contributed by atoms with van der Waals surface area (Å²) in [7, 11) is -3.80. The molecule has 2 aromatic rings. The first-order valence-corrected chi connectivity index (χ1v) is 10.0. The van der Waals surface area contributed by atoms with E-state index in [4.69, 9.17) is 10.00 Å². The van der Waals surface area contributed by atoms with Crippen LogP contribution in [-0.2, 0) is 14.8 Å². The van der Waals surface area contributed by atoms with Crippen LogP contribution in [0.2, 0.25) is 0 Å². The Hall–Kier alpha value is -2.31. The van der Waals surface area contributed by atoms with Crippen LogP contribution in [0.25, 0.3) is 0 Å². The number of nitriles is 1. The van der Waals surface area contributed by atoms with Crippen molar-refractivity contribution in [2.75, 3.05) is 32.8 Å².